The summed E-state index contributed by atoms with van der Waals surface area (Å²) < 4.78 is 4.83. The van der Waals surface area contributed by atoms with E-state index in [0.717, 1.165) is 11.1 Å². The lowest BCUT2D eigenvalue weighted by Crippen LogP contribution is -2.27. The fourth-order valence-corrected chi connectivity index (χ4v) is 2.65. The van der Waals surface area contributed by atoms with Crippen molar-refractivity contribution in [1.82, 2.24) is 0 Å². The number of carboxylic acid groups (broad SMARTS) is 1. The second-order valence-corrected chi connectivity index (χ2v) is 5.03. The number of carbonyl (C=O) groups excluding carboxylic acids is 1. The van der Waals surface area contributed by atoms with E-state index in [1.54, 1.807) is 0 Å². The Morgan fingerprint density at radius 2 is 1.41 bits per heavy atom. The van der Waals surface area contributed by atoms with Gasteiger partial charge >= 0.3 is 11.9 Å². The molecule has 0 aliphatic rings. The molecule has 0 radical (unpaired) electrons. The molecule has 114 valence electrons. The molecule has 0 spiro atoms. The molecular weight excluding hydrogens is 280 g/mol. The highest BCUT2D eigenvalue weighted by atomic mass is 16.5. The fraction of sp³-hybridized carbons (Fsp3) is 0.222. The lowest BCUT2D eigenvalue weighted by Gasteiger charge is -2.25. The minimum Gasteiger partial charge on any atom is -0.481 e. The number of carboxylic acids is 1. The molecule has 2 aromatic rings. The minimum absolute atomic E-state index is 0.277. The molecule has 2 aromatic carbocycles. The van der Waals surface area contributed by atoms with Crippen LogP contribution in [0.4, 0.5) is 0 Å². The molecule has 0 aliphatic carbocycles. The van der Waals surface area contributed by atoms with Gasteiger partial charge in [0.15, 0.2) is 0 Å². The van der Waals surface area contributed by atoms with Crippen molar-refractivity contribution in [2.75, 3.05) is 7.11 Å². The number of carbonyl (C=O) groups is 2. The van der Waals surface area contributed by atoms with Gasteiger partial charge in [0.2, 0.25) is 0 Å². The first-order chi connectivity index (χ1) is 10.6. The quantitative estimate of drug-likeness (QED) is 0.832. The number of ether oxygens (including phenoxy) is 1. The van der Waals surface area contributed by atoms with E-state index in [9.17, 15) is 9.59 Å². The normalized spacial score (nSPS) is 11.9. The van der Waals surface area contributed by atoms with Gasteiger partial charge in [0.05, 0.1) is 19.4 Å². The molecule has 1 atom stereocenters. The number of esters is 1. The monoisotopic (exact) mass is 298 g/mol. The average Bonchev–Trinajstić information content (AvgIpc) is 2.55. The van der Waals surface area contributed by atoms with Crippen LogP contribution in [0.5, 0.6) is 0 Å². The number of methoxy groups -OCH3 is 1. The van der Waals surface area contributed by atoms with Gasteiger partial charge < -0.3 is 9.84 Å². The molecule has 4 nitrogen and oxygen atoms in total. The molecule has 2 rings (SSSR count). The zero-order valence-electron chi connectivity index (χ0n) is 12.3. The van der Waals surface area contributed by atoms with Gasteiger partial charge in [-0.1, -0.05) is 60.7 Å². The van der Waals surface area contributed by atoms with Gasteiger partial charge in [-0.3, -0.25) is 9.59 Å². The zero-order valence-corrected chi connectivity index (χ0v) is 12.3. The van der Waals surface area contributed by atoms with Crippen molar-refractivity contribution >= 4 is 11.9 Å². The van der Waals surface area contributed by atoms with E-state index in [0.29, 0.717) is 0 Å². The van der Waals surface area contributed by atoms with Gasteiger partial charge in [0.25, 0.3) is 0 Å². The van der Waals surface area contributed by atoms with Crippen LogP contribution in [0.25, 0.3) is 0 Å². The largest absolute Gasteiger partial charge is 0.481 e. The number of rotatable bonds is 6. The van der Waals surface area contributed by atoms with Gasteiger partial charge in [-0.15, -0.1) is 0 Å². The SMILES string of the molecule is COC(=O)C(CC(=O)O)C(c1ccccc1)c1ccccc1. The van der Waals surface area contributed by atoms with Crippen LogP contribution in [-0.4, -0.2) is 24.2 Å². The Hall–Kier alpha value is -2.62. The summed E-state index contributed by atoms with van der Waals surface area (Å²) in [4.78, 5) is 23.3. The maximum atomic E-state index is 12.2. The number of hydrogen-bond acceptors (Lipinski definition) is 3. The maximum Gasteiger partial charge on any atom is 0.310 e. The van der Waals surface area contributed by atoms with Crippen LogP contribution in [0.2, 0.25) is 0 Å². The van der Waals surface area contributed by atoms with Gasteiger partial charge in [-0.25, -0.2) is 0 Å². The summed E-state index contributed by atoms with van der Waals surface area (Å²) in [6.45, 7) is 0. The third-order valence-corrected chi connectivity index (χ3v) is 3.62. The van der Waals surface area contributed by atoms with E-state index in [2.05, 4.69) is 0 Å². The van der Waals surface area contributed by atoms with Crippen LogP contribution in [0.1, 0.15) is 23.5 Å². The Balaban J connectivity index is 2.50. The molecule has 1 unspecified atom stereocenters. The Kier molecular flexibility index (Phi) is 5.31. The minimum atomic E-state index is -1.02. The predicted molar refractivity (Wildman–Crippen MR) is 82.5 cm³/mol. The topological polar surface area (TPSA) is 63.6 Å². The van der Waals surface area contributed by atoms with E-state index in [1.807, 2.05) is 60.7 Å². The summed E-state index contributed by atoms with van der Waals surface area (Å²) in [5.74, 6) is -2.66. The fourth-order valence-electron chi connectivity index (χ4n) is 2.65. The number of hydrogen-bond donors (Lipinski definition) is 1. The number of benzene rings is 2. The lowest BCUT2D eigenvalue weighted by atomic mass is 9.79. The third kappa shape index (κ3) is 3.73. The van der Waals surface area contributed by atoms with E-state index in [4.69, 9.17) is 9.84 Å². The van der Waals surface area contributed by atoms with Crippen LogP contribution >= 0.6 is 0 Å². The second-order valence-electron chi connectivity index (χ2n) is 5.03. The third-order valence-electron chi connectivity index (χ3n) is 3.62. The Morgan fingerprint density at radius 3 is 1.77 bits per heavy atom. The zero-order chi connectivity index (χ0) is 15.9. The Morgan fingerprint density at radius 1 is 0.955 bits per heavy atom. The molecule has 22 heavy (non-hydrogen) atoms. The second kappa shape index (κ2) is 7.41. The van der Waals surface area contributed by atoms with Crippen molar-refractivity contribution in [3.63, 3.8) is 0 Å². The first kappa shape index (κ1) is 15.8. The summed E-state index contributed by atoms with van der Waals surface area (Å²) in [7, 11) is 1.28. The van der Waals surface area contributed by atoms with Crippen molar-refractivity contribution in [2.45, 2.75) is 12.3 Å². The first-order valence-electron chi connectivity index (χ1n) is 7.03. The van der Waals surface area contributed by atoms with Crippen LogP contribution in [0.3, 0.4) is 0 Å². The molecule has 0 aliphatic heterocycles. The molecule has 0 aromatic heterocycles. The van der Waals surface area contributed by atoms with Crippen LogP contribution in [0.15, 0.2) is 60.7 Å². The lowest BCUT2D eigenvalue weighted by molar-refractivity contribution is -0.151. The molecule has 0 saturated carbocycles. The molecule has 0 heterocycles. The highest BCUT2D eigenvalue weighted by molar-refractivity contribution is 5.80. The van der Waals surface area contributed by atoms with Crippen LogP contribution in [-0.2, 0) is 14.3 Å². The van der Waals surface area contributed by atoms with E-state index in [1.165, 1.54) is 7.11 Å². The summed E-state index contributed by atoms with van der Waals surface area (Å²) in [6.07, 6.45) is -0.277. The van der Waals surface area contributed by atoms with E-state index >= 15 is 0 Å². The van der Waals surface area contributed by atoms with Crippen LogP contribution < -0.4 is 0 Å². The van der Waals surface area contributed by atoms with E-state index in [-0.39, 0.29) is 12.3 Å². The molecule has 0 fully saturated rings. The molecular formula is C18H18O4. The number of aliphatic carboxylic acids is 1. The van der Waals surface area contributed by atoms with Crippen molar-refractivity contribution < 1.29 is 19.4 Å². The molecule has 0 bridgehead atoms. The Labute approximate surface area is 129 Å². The smallest absolute Gasteiger partial charge is 0.310 e. The van der Waals surface area contributed by atoms with Crippen molar-refractivity contribution in [3.05, 3.63) is 71.8 Å². The highest BCUT2D eigenvalue weighted by Gasteiger charge is 2.33. The average molecular weight is 298 g/mol. The van der Waals surface area contributed by atoms with Crippen LogP contribution in [0, 0.1) is 5.92 Å². The van der Waals surface area contributed by atoms with Crippen molar-refractivity contribution in [3.8, 4) is 0 Å². The molecule has 4 heteroatoms. The van der Waals surface area contributed by atoms with Gasteiger partial charge in [-0.2, -0.15) is 0 Å². The maximum absolute atomic E-state index is 12.2. The molecule has 1 N–H and O–H groups in total. The summed E-state index contributed by atoms with van der Waals surface area (Å²) >= 11 is 0. The van der Waals surface area contributed by atoms with Crippen molar-refractivity contribution in [1.29, 1.82) is 0 Å². The van der Waals surface area contributed by atoms with Gasteiger partial charge in [-0.05, 0) is 11.1 Å². The molecule has 0 amide bonds. The summed E-state index contributed by atoms with van der Waals surface area (Å²) in [5.41, 5.74) is 1.79. The van der Waals surface area contributed by atoms with Gasteiger partial charge in [0, 0.05) is 5.92 Å². The Bertz CT molecular complexity index is 583. The first-order valence-corrected chi connectivity index (χ1v) is 7.03. The van der Waals surface area contributed by atoms with Crippen molar-refractivity contribution in [2.24, 2.45) is 5.92 Å². The summed E-state index contributed by atoms with van der Waals surface area (Å²) in [5, 5.41) is 9.16. The predicted octanol–water partition coefficient (Wildman–Crippen LogP) is 3.08. The standard InChI is InChI=1S/C18H18O4/c1-22-18(21)15(12-16(19)20)17(13-8-4-2-5-9-13)14-10-6-3-7-11-14/h2-11,15,17H,12H2,1H3,(H,19,20). The van der Waals surface area contributed by atoms with Gasteiger partial charge in [0.1, 0.15) is 0 Å². The van der Waals surface area contributed by atoms with E-state index < -0.39 is 17.9 Å². The summed E-state index contributed by atoms with van der Waals surface area (Å²) in [6, 6.07) is 18.9. The highest BCUT2D eigenvalue weighted by Crippen LogP contribution is 2.34. The molecule has 0 saturated heterocycles.